The van der Waals surface area contributed by atoms with Crippen molar-refractivity contribution in [2.24, 2.45) is 23.3 Å². The third-order valence-electron chi connectivity index (χ3n) is 13.9. The van der Waals surface area contributed by atoms with Crippen molar-refractivity contribution >= 4 is 98.8 Å². The fourth-order valence-corrected chi connectivity index (χ4v) is 11.5. The highest BCUT2D eigenvalue weighted by atomic mass is 32.2. The van der Waals surface area contributed by atoms with Gasteiger partial charge in [0.25, 0.3) is 0 Å². The number of aromatic nitrogens is 1. The van der Waals surface area contributed by atoms with Crippen molar-refractivity contribution in [3.63, 3.8) is 0 Å². The molecule has 0 saturated carbocycles. The van der Waals surface area contributed by atoms with Crippen LogP contribution < -0.4 is 54.0 Å². The Balaban J connectivity index is 1.73. The van der Waals surface area contributed by atoms with Gasteiger partial charge in [-0.15, -0.1) is 0 Å². The Morgan fingerprint density at radius 3 is 2.35 bits per heavy atom. The van der Waals surface area contributed by atoms with Crippen molar-refractivity contribution in [1.82, 2.24) is 52.4 Å². The molecule has 2 aromatic rings. The minimum absolute atomic E-state index is 0.0431. The number of phenolic OH excluding ortho intramolecular Hbond substituents is 1. The molecular weight excluding hydrogens is 1110 g/mol. The minimum atomic E-state index is -2.36. The molecule has 28 nitrogen and oxygen atoms in total. The van der Waals surface area contributed by atoms with Crippen molar-refractivity contribution in [2.75, 3.05) is 50.8 Å². The number of phenols is 1. The number of benzene rings is 1. The second-order valence-corrected chi connectivity index (χ2v) is 22.8. The van der Waals surface area contributed by atoms with Crippen LogP contribution >= 0.6 is 11.8 Å². The molecule has 82 heavy (non-hydrogen) atoms. The SMILES string of the molecule is CCC(C)[C@H](NC(=O)CN)C(=O)NCC(=O)N[C@H]1CS(=O)c2[nH]c3c(CSCCNC(=O)CCCCCNC(=O)/C=C\C=O)c(O)ccc3c2C[C@@H](C)NC(=O)C([C@@H](C)C(O)CO)NC(=O)[C@@H]2CC(O)CN2C(=O)C(CC(N)=O)NC1=O. The predicted octanol–water partition coefficient (Wildman–Crippen LogP) is -4.29. The number of nitrogens with two attached hydrogens (primary N) is 2. The fraction of sp³-hybridized carbons (Fsp3) is 0.596. The van der Waals surface area contributed by atoms with E-state index in [2.05, 4.69) is 47.5 Å². The fourth-order valence-electron chi connectivity index (χ4n) is 9.21. The van der Waals surface area contributed by atoms with E-state index in [9.17, 15) is 73.2 Å². The molecule has 2 aliphatic heterocycles. The average Bonchev–Trinajstić information content (AvgIpc) is 3.75. The summed E-state index contributed by atoms with van der Waals surface area (Å²) in [6.07, 6.45) is 0.980. The molecule has 0 radical (unpaired) electrons. The lowest BCUT2D eigenvalue weighted by atomic mass is 9.94. The van der Waals surface area contributed by atoms with Gasteiger partial charge in [0.05, 0.1) is 60.4 Å². The van der Waals surface area contributed by atoms with E-state index in [0.717, 1.165) is 17.1 Å². The molecule has 1 aromatic carbocycles. The first-order chi connectivity index (χ1) is 38.9. The monoisotopic (exact) mass is 1190 g/mol. The predicted molar refractivity (Wildman–Crippen MR) is 300 cm³/mol. The first-order valence-corrected chi connectivity index (χ1v) is 29.4. The molecule has 11 atom stereocenters. The summed E-state index contributed by atoms with van der Waals surface area (Å²) in [5, 5.41) is 63.7. The third kappa shape index (κ3) is 19.9. The van der Waals surface area contributed by atoms with Crippen LogP contribution in [0.25, 0.3) is 10.9 Å². The second-order valence-electron chi connectivity index (χ2n) is 20.2. The minimum Gasteiger partial charge on any atom is -0.508 e. The molecule has 1 aromatic heterocycles. The highest BCUT2D eigenvalue weighted by molar-refractivity contribution is 7.98. The van der Waals surface area contributed by atoms with Gasteiger partial charge in [0.15, 0.2) is 0 Å². The standard InChI is InChI=1S/C52H78N12O16S2/c1-5-27(2)44(61-42(73)21-53)49(77)57-22-43(74)59-35-26-82(80)51-32(31-12-13-37(68)33(46(31)63-51)25-81-17-15-56-40(71)10-7-6-8-14-55-41(72)11-9-16-65)18-28(3)58-50(78)45(29(4)38(69)24-66)62-48(76)36-19-30(67)23-64(36)52(79)34(20-39(54)70)60-47(35)75/h9,11-13,16,27-30,34-36,38,44-45,63,66-69H,5-8,10,14-15,17-26,53H2,1-4H3,(H2,54,70)(H,55,72)(H,56,71)(H,57,77)(H,58,78)(H,59,74)(H,60,75)(H,61,73)(H,62,76)/b11-9-/t27?,28-,29+,30?,34?,35+,36+,38?,44+,45?,82?/m1/s1. The van der Waals surface area contributed by atoms with Gasteiger partial charge in [-0.2, -0.15) is 11.8 Å². The average molecular weight is 1190 g/mol. The quantitative estimate of drug-likeness (QED) is 0.0241. The molecule has 0 bridgehead atoms. The summed E-state index contributed by atoms with van der Waals surface area (Å²) in [4.78, 5) is 148. The summed E-state index contributed by atoms with van der Waals surface area (Å²) in [5.74, 6) is -10.2. The van der Waals surface area contributed by atoms with Crippen molar-refractivity contribution in [3.05, 3.63) is 35.4 Å². The number of amides is 10. The van der Waals surface area contributed by atoms with Crippen LogP contribution in [0.2, 0.25) is 0 Å². The van der Waals surface area contributed by atoms with E-state index in [1.54, 1.807) is 20.8 Å². The number of nitrogens with zero attached hydrogens (tertiary/aromatic N) is 1. The van der Waals surface area contributed by atoms with Crippen LogP contribution in [0.1, 0.15) is 83.8 Å². The molecular formula is C52H78N12O16S2. The van der Waals surface area contributed by atoms with E-state index in [-0.39, 0.29) is 48.2 Å². The highest BCUT2D eigenvalue weighted by Crippen LogP contribution is 2.35. The summed E-state index contributed by atoms with van der Waals surface area (Å²) in [6.45, 7) is 4.53. The van der Waals surface area contributed by atoms with Gasteiger partial charge in [0, 0.05) is 73.0 Å². The topological polar surface area (TPSA) is 453 Å². The summed E-state index contributed by atoms with van der Waals surface area (Å²) >= 11 is 1.34. The molecule has 2 aliphatic rings. The van der Waals surface area contributed by atoms with Gasteiger partial charge in [-0.05, 0) is 55.9 Å². The first-order valence-electron chi connectivity index (χ1n) is 27.0. The summed E-state index contributed by atoms with van der Waals surface area (Å²) in [5.41, 5.74) is 12.0. The number of allylic oxidation sites excluding steroid dienone is 1. The van der Waals surface area contributed by atoms with E-state index in [0.29, 0.717) is 66.3 Å². The van der Waals surface area contributed by atoms with Crippen molar-refractivity contribution in [1.29, 1.82) is 0 Å². The van der Waals surface area contributed by atoms with Gasteiger partial charge in [0.2, 0.25) is 59.1 Å². The number of H-pyrrole nitrogens is 1. The third-order valence-corrected chi connectivity index (χ3v) is 16.4. The number of carbonyl (C=O) groups is 11. The van der Waals surface area contributed by atoms with Gasteiger partial charge < -0.3 is 84.3 Å². The number of aliphatic hydroxyl groups is 3. The highest BCUT2D eigenvalue weighted by Gasteiger charge is 2.44. The first kappa shape index (κ1) is 67.5. The Hall–Kier alpha value is -6.99. The molecule has 454 valence electrons. The van der Waals surface area contributed by atoms with Gasteiger partial charge in [-0.1, -0.05) is 33.6 Å². The molecule has 17 N–H and O–H groups in total. The zero-order chi connectivity index (χ0) is 60.8. The Morgan fingerprint density at radius 1 is 0.951 bits per heavy atom. The molecule has 30 heteroatoms. The van der Waals surface area contributed by atoms with Crippen LogP contribution in [0.15, 0.2) is 29.3 Å². The Kier molecular flexibility index (Phi) is 27.3. The number of hydrogen-bond acceptors (Lipinski definition) is 18. The molecule has 0 aliphatic carbocycles. The van der Waals surface area contributed by atoms with Crippen LogP contribution in [-0.4, -0.2) is 199 Å². The number of carbonyl (C=O) groups excluding carboxylic acids is 11. The molecule has 1 fully saturated rings. The zero-order valence-electron chi connectivity index (χ0n) is 46.3. The number of unbranched alkanes of at least 4 members (excludes halogenated alkanes) is 2. The van der Waals surface area contributed by atoms with E-state index < -0.39 is 163 Å². The largest absolute Gasteiger partial charge is 0.508 e. The number of aromatic hydroxyl groups is 1. The van der Waals surface area contributed by atoms with Crippen molar-refractivity contribution in [2.45, 2.75) is 138 Å². The maximum absolute atomic E-state index is 15.0. The number of aromatic amines is 1. The lowest BCUT2D eigenvalue weighted by Crippen LogP contribution is -2.61. The zero-order valence-corrected chi connectivity index (χ0v) is 47.9. The van der Waals surface area contributed by atoms with E-state index in [1.165, 1.54) is 30.8 Å². The number of fused-ring (bicyclic) bond motifs is 4. The summed E-state index contributed by atoms with van der Waals surface area (Å²) in [7, 11) is -2.36. The number of aliphatic hydroxyl groups excluding tert-OH is 3. The van der Waals surface area contributed by atoms with Gasteiger partial charge in [-0.3, -0.25) is 56.9 Å². The Labute approximate surface area is 480 Å². The van der Waals surface area contributed by atoms with Crippen molar-refractivity contribution < 1.29 is 77.4 Å². The van der Waals surface area contributed by atoms with Crippen LogP contribution in [0, 0.1) is 11.8 Å². The Bertz CT molecular complexity index is 2690. The molecule has 1 saturated heterocycles. The normalized spacial score (nSPS) is 22.4. The molecule has 4 rings (SSSR count). The van der Waals surface area contributed by atoms with E-state index in [4.69, 9.17) is 11.5 Å². The van der Waals surface area contributed by atoms with E-state index >= 15 is 4.21 Å². The number of primary amides is 1. The van der Waals surface area contributed by atoms with Crippen LogP contribution in [0.4, 0.5) is 0 Å². The smallest absolute Gasteiger partial charge is 0.246 e. The lowest BCUT2D eigenvalue weighted by Gasteiger charge is -2.32. The molecule has 10 amide bonds. The van der Waals surface area contributed by atoms with Gasteiger partial charge in [0.1, 0.15) is 47.3 Å². The van der Waals surface area contributed by atoms with Crippen LogP contribution in [0.3, 0.4) is 0 Å². The van der Waals surface area contributed by atoms with Crippen LogP contribution in [-0.2, 0) is 75.7 Å². The van der Waals surface area contributed by atoms with Crippen molar-refractivity contribution in [3.8, 4) is 5.75 Å². The molecule has 3 heterocycles. The summed E-state index contributed by atoms with van der Waals surface area (Å²) in [6, 6.07) is -5.86. The molecule has 0 spiro atoms. The number of rotatable bonds is 26. The van der Waals surface area contributed by atoms with Crippen LogP contribution in [0.5, 0.6) is 5.75 Å². The maximum Gasteiger partial charge on any atom is 0.246 e. The number of aldehydes is 1. The number of hydrogen-bond donors (Lipinski definition) is 15. The van der Waals surface area contributed by atoms with Gasteiger partial charge in [-0.25, -0.2) is 0 Å². The molecule has 6 unspecified atom stereocenters. The summed E-state index contributed by atoms with van der Waals surface area (Å²) < 4.78 is 15.0. The maximum atomic E-state index is 15.0. The second kappa shape index (κ2) is 33.2. The lowest BCUT2D eigenvalue weighted by molar-refractivity contribution is -0.144. The van der Waals surface area contributed by atoms with E-state index in [1.807, 2.05) is 0 Å². The Morgan fingerprint density at radius 2 is 1.68 bits per heavy atom. The number of thioether (sulfide) groups is 1. The van der Waals surface area contributed by atoms with Gasteiger partial charge >= 0.3 is 0 Å². The number of nitrogens with one attached hydrogen (secondary N) is 9.